The van der Waals surface area contributed by atoms with Gasteiger partial charge in [0, 0.05) is 17.8 Å². The molecule has 8 heteroatoms. The zero-order chi connectivity index (χ0) is 24.9. The number of thioether (sulfide) groups is 1. The number of para-hydroxylation sites is 1. The Hall–Kier alpha value is -2.97. The van der Waals surface area contributed by atoms with Crippen LogP contribution in [0.3, 0.4) is 0 Å². The lowest BCUT2D eigenvalue weighted by molar-refractivity contribution is -0.122. The molecule has 35 heavy (non-hydrogen) atoms. The van der Waals surface area contributed by atoms with E-state index in [0.29, 0.717) is 38.3 Å². The molecule has 2 heterocycles. The molecule has 0 aromatic heterocycles. The fraction of sp³-hybridized carbons (Fsp3) is 0.333. The van der Waals surface area contributed by atoms with Crippen molar-refractivity contribution < 1.29 is 14.4 Å². The van der Waals surface area contributed by atoms with Gasteiger partial charge in [-0.25, -0.2) is 0 Å². The molecule has 0 spiro atoms. The quantitative estimate of drug-likeness (QED) is 0.275. The van der Waals surface area contributed by atoms with E-state index in [1.54, 1.807) is 11.0 Å². The van der Waals surface area contributed by atoms with E-state index in [4.69, 9.17) is 12.2 Å². The third-order valence-corrected chi connectivity index (χ3v) is 7.57. The summed E-state index contributed by atoms with van der Waals surface area (Å²) in [6, 6.07) is 14.7. The Labute approximate surface area is 215 Å². The minimum absolute atomic E-state index is 0.148. The largest absolute Gasteiger partial charge is 0.325 e. The van der Waals surface area contributed by atoms with Crippen LogP contribution in [0.5, 0.6) is 0 Å². The fourth-order valence-electron chi connectivity index (χ4n) is 4.25. The normalized spacial score (nSPS) is 17.4. The maximum Gasteiger partial charge on any atom is 0.267 e. The Morgan fingerprint density at radius 2 is 1.66 bits per heavy atom. The Morgan fingerprint density at radius 3 is 2.40 bits per heavy atom. The maximum absolute atomic E-state index is 13.5. The molecule has 0 unspecified atom stereocenters. The molecule has 4 rings (SSSR count). The van der Waals surface area contributed by atoms with E-state index in [-0.39, 0.29) is 24.3 Å². The number of hydrogen-bond donors (Lipinski definition) is 1. The summed E-state index contributed by atoms with van der Waals surface area (Å²) in [5.41, 5.74) is 3.37. The van der Waals surface area contributed by atoms with Crippen LogP contribution in [0.1, 0.15) is 50.2 Å². The molecule has 1 fully saturated rings. The predicted molar refractivity (Wildman–Crippen MR) is 146 cm³/mol. The molecule has 0 radical (unpaired) electrons. The second kappa shape index (κ2) is 11.2. The van der Waals surface area contributed by atoms with Crippen LogP contribution >= 0.6 is 24.0 Å². The molecule has 2 aliphatic heterocycles. The van der Waals surface area contributed by atoms with Crippen molar-refractivity contribution in [3.63, 3.8) is 0 Å². The lowest BCUT2D eigenvalue weighted by Gasteiger charge is -2.17. The van der Waals surface area contributed by atoms with E-state index in [9.17, 15) is 14.4 Å². The molecule has 1 saturated heterocycles. The van der Waals surface area contributed by atoms with Crippen molar-refractivity contribution in [1.29, 1.82) is 0 Å². The Bertz CT molecular complexity index is 1190. The van der Waals surface area contributed by atoms with E-state index >= 15 is 0 Å². The molecule has 0 atom stereocenters. The number of benzene rings is 2. The second-order valence-electron chi connectivity index (χ2n) is 8.77. The summed E-state index contributed by atoms with van der Waals surface area (Å²) in [5, 5.41) is 2.84. The minimum Gasteiger partial charge on any atom is -0.325 e. The molecule has 0 saturated carbocycles. The number of nitrogens with zero attached hydrogens (tertiary/aromatic N) is 2. The molecule has 2 aromatic carbocycles. The van der Waals surface area contributed by atoms with Crippen molar-refractivity contribution >= 4 is 63.0 Å². The lowest BCUT2D eigenvalue weighted by atomic mass is 10.1. The zero-order valence-corrected chi connectivity index (χ0v) is 21.6. The number of carbonyl (C=O) groups excluding carboxylic acids is 3. The number of hydrogen-bond acceptors (Lipinski definition) is 5. The Morgan fingerprint density at radius 1 is 0.943 bits per heavy atom. The molecule has 0 bridgehead atoms. The average molecular weight is 508 g/mol. The van der Waals surface area contributed by atoms with Gasteiger partial charge in [0.05, 0.1) is 16.2 Å². The van der Waals surface area contributed by atoms with E-state index in [2.05, 4.69) is 12.2 Å². The molecule has 0 aliphatic carbocycles. The van der Waals surface area contributed by atoms with Gasteiger partial charge >= 0.3 is 0 Å². The van der Waals surface area contributed by atoms with Crippen LogP contribution in [-0.4, -0.2) is 40.0 Å². The molecular weight excluding hydrogens is 478 g/mol. The Balaban J connectivity index is 1.53. The first-order valence-electron chi connectivity index (χ1n) is 12.0. The summed E-state index contributed by atoms with van der Waals surface area (Å²) in [6.07, 6.45) is 5.40. The summed E-state index contributed by atoms with van der Waals surface area (Å²) in [4.78, 5) is 43.0. The summed E-state index contributed by atoms with van der Waals surface area (Å²) < 4.78 is 0.480. The topological polar surface area (TPSA) is 69.7 Å². The molecule has 1 N–H and O–H groups in total. The van der Waals surface area contributed by atoms with Crippen LogP contribution in [0.4, 0.5) is 11.4 Å². The Kier molecular flexibility index (Phi) is 8.03. The van der Waals surface area contributed by atoms with Crippen LogP contribution in [0.25, 0.3) is 5.57 Å². The summed E-state index contributed by atoms with van der Waals surface area (Å²) in [5.74, 6) is -0.883. The smallest absolute Gasteiger partial charge is 0.267 e. The van der Waals surface area contributed by atoms with Crippen molar-refractivity contribution in [2.45, 2.75) is 46.0 Å². The number of aryl methyl sites for hydroxylation is 1. The first-order chi connectivity index (χ1) is 16.9. The first-order valence-corrected chi connectivity index (χ1v) is 13.2. The van der Waals surface area contributed by atoms with Gasteiger partial charge < -0.3 is 5.32 Å². The first kappa shape index (κ1) is 25.1. The van der Waals surface area contributed by atoms with Crippen LogP contribution in [0.15, 0.2) is 53.4 Å². The van der Waals surface area contributed by atoms with Gasteiger partial charge in [-0.15, -0.1) is 0 Å². The van der Waals surface area contributed by atoms with Crippen molar-refractivity contribution in [2.24, 2.45) is 0 Å². The number of thiocarbonyl (C=S) groups is 1. The second-order valence-corrected chi connectivity index (χ2v) is 10.4. The summed E-state index contributed by atoms with van der Waals surface area (Å²) >= 11 is 6.67. The van der Waals surface area contributed by atoms with Gasteiger partial charge in [0.25, 0.3) is 11.8 Å². The highest BCUT2D eigenvalue weighted by atomic mass is 32.2. The molecule has 182 valence electrons. The fourth-order valence-corrected chi connectivity index (χ4v) is 5.63. The minimum atomic E-state index is -0.353. The van der Waals surface area contributed by atoms with Crippen LogP contribution in [-0.2, 0) is 14.4 Å². The standard InChI is InChI=1S/C27H29N3O3S2/c1-3-4-5-6-9-16-29-26(33)24(35-27(29)34)23-20-10-7-8-11-21(20)30(25(23)32)17-22(31)28-19-14-12-18(2)13-15-19/h7-8,10-15H,3-6,9,16-17H2,1-2H3,(H,28,31)/b24-23-. The number of carbonyl (C=O) groups is 3. The van der Waals surface area contributed by atoms with E-state index < -0.39 is 0 Å². The highest BCUT2D eigenvalue weighted by Gasteiger charge is 2.42. The average Bonchev–Trinajstić information content (AvgIpc) is 3.27. The maximum atomic E-state index is 13.5. The summed E-state index contributed by atoms with van der Waals surface area (Å²) in [6.45, 7) is 4.55. The SMILES string of the molecule is CCCCCCCN1C(=O)/C(=C2/C(=O)N(CC(=O)Nc3ccc(C)cc3)c3ccccc32)SC1=S. The molecular formula is C27H29N3O3S2. The van der Waals surface area contributed by atoms with Crippen LogP contribution in [0.2, 0.25) is 0 Å². The van der Waals surface area contributed by atoms with Crippen molar-refractivity contribution in [3.8, 4) is 0 Å². The van der Waals surface area contributed by atoms with Crippen LogP contribution < -0.4 is 10.2 Å². The van der Waals surface area contributed by atoms with Crippen LogP contribution in [0, 0.1) is 6.92 Å². The van der Waals surface area contributed by atoms with E-state index in [0.717, 1.165) is 31.2 Å². The van der Waals surface area contributed by atoms with Gasteiger partial charge in [-0.05, 0) is 31.5 Å². The monoisotopic (exact) mass is 507 g/mol. The highest BCUT2D eigenvalue weighted by molar-refractivity contribution is 8.26. The molecule has 2 aromatic rings. The van der Waals surface area contributed by atoms with Crippen molar-refractivity contribution in [3.05, 3.63) is 64.6 Å². The third kappa shape index (κ3) is 5.49. The van der Waals surface area contributed by atoms with Gasteiger partial charge in [-0.1, -0.05) is 92.5 Å². The number of unbranched alkanes of at least 4 members (excludes halogenated alkanes) is 4. The number of amides is 3. The van der Waals surface area contributed by atoms with Gasteiger partial charge in [-0.3, -0.25) is 24.2 Å². The third-order valence-electron chi connectivity index (χ3n) is 6.12. The number of anilines is 2. The van der Waals surface area contributed by atoms with Gasteiger partial charge in [-0.2, -0.15) is 0 Å². The number of fused-ring (bicyclic) bond motifs is 1. The number of nitrogens with one attached hydrogen (secondary N) is 1. The van der Waals surface area contributed by atoms with Gasteiger partial charge in [0.15, 0.2) is 0 Å². The predicted octanol–water partition coefficient (Wildman–Crippen LogP) is 5.52. The zero-order valence-electron chi connectivity index (χ0n) is 20.0. The van der Waals surface area contributed by atoms with Crippen molar-refractivity contribution in [1.82, 2.24) is 4.90 Å². The molecule has 3 amide bonds. The van der Waals surface area contributed by atoms with Crippen molar-refractivity contribution in [2.75, 3.05) is 23.3 Å². The van der Waals surface area contributed by atoms with E-state index in [1.807, 2.05) is 49.4 Å². The van der Waals surface area contributed by atoms with Gasteiger partial charge in [0.2, 0.25) is 5.91 Å². The van der Waals surface area contributed by atoms with E-state index in [1.165, 1.54) is 23.1 Å². The summed E-state index contributed by atoms with van der Waals surface area (Å²) in [7, 11) is 0. The molecule has 6 nitrogen and oxygen atoms in total. The highest BCUT2D eigenvalue weighted by Crippen LogP contribution is 2.44. The lowest BCUT2D eigenvalue weighted by Crippen LogP contribution is -2.35. The van der Waals surface area contributed by atoms with Gasteiger partial charge in [0.1, 0.15) is 10.9 Å². The molecule has 2 aliphatic rings. The number of rotatable bonds is 9.